The molecular weight excluding hydrogens is 524 g/mol. The van der Waals surface area contributed by atoms with Gasteiger partial charge in [-0.2, -0.15) is 0 Å². The Morgan fingerprint density at radius 1 is 0.775 bits per heavy atom. The number of hydrogen-bond donors (Lipinski definition) is 2. The van der Waals surface area contributed by atoms with Gasteiger partial charge in [-0.15, -0.1) is 0 Å². The standard InChI is InChI=1S/C28H46N2O10/c1-3-13-35-14-15-36-16-17-37-18-19-38-20-21-39-23-26(31)30-25(27(32)34-2)11-7-8-12-29-28(33)40-22-24-9-5-4-6-10-24/h4-6,9-10,25H,3,7-8,11-23H2,1-2H3,(H,29,33)(H,30,31)/t25-/m0/s1. The van der Waals surface area contributed by atoms with E-state index in [1.165, 1.54) is 7.11 Å². The molecule has 0 fully saturated rings. The topological polar surface area (TPSA) is 140 Å². The summed E-state index contributed by atoms with van der Waals surface area (Å²) < 4.78 is 36.7. The Hall–Kier alpha value is -2.77. The SMILES string of the molecule is CCCOCCOCCOCCOCCOCC(=O)N[C@@H](CCCCNC(=O)OCc1ccccc1)C(=O)OC. The fourth-order valence-electron chi connectivity index (χ4n) is 3.25. The summed E-state index contributed by atoms with van der Waals surface area (Å²) in [6.07, 6.45) is 2.02. The number of amides is 2. The molecule has 0 unspecified atom stereocenters. The van der Waals surface area contributed by atoms with Crippen LogP contribution in [0.25, 0.3) is 0 Å². The number of carbonyl (C=O) groups is 3. The number of esters is 1. The van der Waals surface area contributed by atoms with Crippen LogP contribution in [0.15, 0.2) is 30.3 Å². The number of alkyl carbamates (subject to hydrolysis) is 1. The molecule has 12 heteroatoms. The van der Waals surface area contributed by atoms with Gasteiger partial charge in [-0.3, -0.25) is 4.79 Å². The summed E-state index contributed by atoms with van der Waals surface area (Å²) >= 11 is 0. The maximum absolute atomic E-state index is 12.2. The monoisotopic (exact) mass is 570 g/mol. The Kier molecular flexibility index (Phi) is 22.2. The van der Waals surface area contributed by atoms with Crippen molar-refractivity contribution >= 4 is 18.0 Å². The van der Waals surface area contributed by atoms with Gasteiger partial charge in [0.25, 0.3) is 0 Å². The van der Waals surface area contributed by atoms with E-state index in [9.17, 15) is 14.4 Å². The first kappa shape index (κ1) is 35.3. The largest absolute Gasteiger partial charge is 0.467 e. The van der Waals surface area contributed by atoms with E-state index in [0.29, 0.717) is 72.1 Å². The molecule has 0 bridgehead atoms. The summed E-state index contributed by atoms with van der Waals surface area (Å²) in [4.78, 5) is 36.0. The third kappa shape index (κ3) is 20.2. The van der Waals surface area contributed by atoms with Crippen LogP contribution in [0.3, 0.4) is 0 Å². The van der Waals surface area contributed by atoms with Crippen LogP contribution in [-0.2, 0) is 49.4 Å². The van der Waals surface area contributed by atoms with Crippen molar-refractivity contribution in [3.8, 4) is 0 Å². The first-order chi connectivity index (χ1) is 19.6. The highest BCUT2D eigenvalue weighted by molar-refractivity contribution is 5.85. The number of methoxy groups -OCH3 is 1. The second-order valence-corrected chi connectivity index (χ2v) is 8.63. The van der Waals surface area contributed by atoms with E-state index < -0.39 is 24.0 Å². The lowest BCUT2D eigenvalue weighted by Crippen LogP contribution is -2.43. The van der Waals surface area contributed by atoms with Crippen LogP contribution in [0.4, 0.5) is 4.79 Å². The Morgan fingerprint density at radius 2 is 1.35 bits per heavy atom. The molecule has 228 valence electrons. The van der Waals surface area contributed by atoms with Crippen molar-refractivity contribution in [3.63, 3.8) is 0 Å². The van der Waals surface area contributed by atoms with Crippen LogP contribution in [-0.4, -0.2) is 104 Å². The van der Waals surface area contributed by atoms with E-state index in [1.807, 2.05) is 30.3 Å². The molecule has 40 heavy (non-hydrogen) atoms. The zero-order chi connectivity index (χ0) is 29.1. The molecule has 0 aliphatic heterocycles. The lowest BCUT2D eigenvalue weighted by molar-refractivity contribution is -0.146. The third-order valence-corrected chi connectivity index (χ3v) is 5.29. The predicted octanol–water partition coefficient (Wildman–Crippen LogP) is 2.23. The predicted molar refractivity (Wildman–Crippen MR) is 147 cm³/mol. The molecule has 0 saturated heterocycles. The number of carbonyl (C=O) groups excluding carboxylic acids is 3. The molecule has 1 aromatic rings. The third-order valence-electron chi connectivity index (χ3n) is 5.29. The van der Waals surface area contributed by atoms with Gasteiger partial charge in [0.05, 0.1) is 60.0 Å². The number of rotatable bonds is 25. The molecule has 0 radical (unpaired) electrons. The van der Waals surface area contributed by atoms with Gasteiger partial charge in [-0.05, 0) is 31.2 Å². The molecule has 0 spiro atoms. The number of nitrogens with one attached hydrogen (secondary N) is 2. The molecule has 1 atom stereocenters. The number of hydrogen-bond acceptors (Lipinski definition) is 10. The van der Waals surface area contributed by atoms with Crippen molar-refractivity contribution in [2.75, 3.05) is 79.7 Å². The average molecular weight is 571 g/mol. The second kappa shape index (κ2) is 25.2. The normalized spacial score (nSPS) is 11.6. The zero-order valence-electron chi connectivity index (χ0n) is 23.9. The summed E-state index contributed by atoms with van der Waals surface area (Å²) in [6, 6.07) is 8.58. The maximum Gasteiger partial charge on any atom is 0.407 e. The number of ether oxygens (including phenoxy) is 7. The highest BCUT2D eigenvalue weighted by atomic mass is 16.6. The van der Waals surface area contributed by atoms with Crippen LogP contribution in [0.2, 0.25) is 0 Å². The highest BCUT2D eigenvalue weighted by Gasteiger charge is 2.21. The van der Waals surface area contributed by atoms with Crippen LogP contribution < -0.4 is 10.6 Å². The van der Waals surface area contributed by atoms with Crippen molar-refractivity contribution < 1.29 is 47.5 Å². The lowest BCUT2D eigenvalue weighted by Gasteiger charge is -2.16. The van der Waals surface area contributed by atoms with Gasteiger partial charge >= 0.3 is 12.1 Å². The summed E-state index contributed by atoms with van der Waals surface area (Å²) in [5, 5.41) is 5.29. The van der Waals surface area contributed by atoms with E-state index in [0.717, 1.165) is 18.6 Å². The molecule has 12 nitrogen and oxygen atoms in total. The van der Waals surface area contributed by atoms with Gasteiger partial charge in [-0.25, -0.2) is 9.59 Å². The Morgan fingerprint density at radius 3 is 1.93 bits per heavy atom. The molecule has 0 aliphatic carbocycles. The quantitative estimate of drug-likeness (QED) is 0.133. The highest BCUT2D eigenvalue weighted by Crippen LogP contribution is 2.04. The molecule has 0 saturated carbocycles. The van der Waals surface area contributed by atoms with Gasteiger partial charge in [0.2, 0.25) is 5.91 Å². The van der Waals surface area contributed by atoms with E-state index in [4.69, 9.17) is 33.2 Å². The van der Waals surface area contributed by atoms with Crippen LogP contribution in [0.1, 0.15) is 38.2 Å². The molecular formula is C28H46N2O10. The van der Waals surface area contributed by atoms with Crippen molar-refractivity contribution in [2.45, 2.75) is 45.3 Å². The summed E-state index contributed by atoms with van der Waals surface area (Å²) in [6.45, 7) is 6.66. The van der Waals surface area contributed by atoms with Crippen LogP contribution in [0, 0.1) is 0 Å². The minimum Gasteiger partial charge on any atom is -0.467 e. The van der Waals surface area contributed by atoms with Crippen LogP contribution >= 0.6 is 0 Å². The van der Waals surface area contributed by atoms with Crippen molar-refractivity contribution in [2.24, 2.45) is 0 Å². The number of unbranched alkanes of at least 4 members (excludes halogenated alkanes) is 1. The van der Waals surface area contributed by atoms with Gasteiger partial charge in [0, 0.05) is 13.2 Å². The van der Waals surface area contributed by atoms with Crippen molar-refractivity contribution in [1.82, 2.24) is 10.6 Å². The average Bonchev–Trinajstić information content (AvgIpc) is 2.97. The first-order valence-electron chi connectivity index (χ1n) is 13.8. The molecule has 0 aromatic heterocycles. The smallest absolute Gasteiger partial charge is 0.407 e. The molecule has 1 rings (SSSR count). The number of benzene rings is 1. The summed E-state index contributed by atoms with van der Waals surface area (Å²) in [5.41, 5.74) is 0.900. The second-order valence-electron chi connectivity index (χ2n) is 8.63. The van der Waals surface area contributed by atoms with Gasteiger partial charge in [0.15, 0.2) is 0 Å². The summed E-state index contributed by atoms with van der Waals surface area (Å²) in [5.74, 6) is -0.969. The van der Waals surface area contributed by atoms with Crippen molar-refractivity contribution in [1.29, 1.82) is 0 Å². The maximum atomic E-state index is 12.2. The molecule has 0 aliphatic rings. The Labute approximate surface area is 237 Å². The van der Waals surface area contributed by atoms with Gasteiger partial charge in [-0.1, -0.05) is 37.3 Å². The zero-order valence-corrected chi connectivity index (χ0v) is 23.9. The summed E-state index contributed by atoms with van der Waals surface area (Å²) in [7, 11) is 1.26. The van der Waals surface area contributed by atoms with E-state index in [-0.39, 0.29) is 19.8 Å². The van der Waals surface area contributed by atoms with E-state index in [2.05, 4.69) is 17.6 Å². The van der Waals surface area contributed by atoms with Gasteiger partial charge < -0.3 is 43.8 Å². The lowest BCUT2D eigenvalue weighted by atomic mass is 10.1. The fourth-order valence-corrected chi connectivity index (χ4v) is 3.25. The molecule has 1 aromatic carbocycles. The molecule has 2 amide bonds. The molecule has 0 heterocycles. The Bertz CT molecular complexity index is 782. The first-order valence-corrected chi connectivity index (χ1v) is 13.8. The van der Waals surface area contributed by atoms with E-state index in [1.54, 1.807) is 0 Å². The minimum atomic E-state index is -0.799. The molecule has 2 N–H and O–H groups in total. The van der Waals surface area contributed by atoms with E-state index >= 15 is 0 Å². The van der Waals surface area contributed by atoms with Crippen LogP contribution in [0.5, 0.6) is 0 Å². The Balaban J connectivity index is 2.02. The fraction of sp³-hybridized carbons (Fsp3) is 0.679. The van der Waals surface area contributed by atoms with Gasteiger partial charge in [0.1, 0.15) is 19.3 Å². The van der Waals surface area contributed by atoms with Crippen molar-refractivity contribution in [3.05, 3.63) is 35.9 Å². The minimum absolute atomic E-state index is 0.192.